The fraction of sp³-hybridized carbons (Fsp3) is 0.300. The number of hydrogen-bond donors (Lipinski definition) is 2. The van der Waals surface area contributed by atoms with Gasteiger partial charge in [0.2, 0.25) is 5.91 Å². The third kappa shape index (κ3) is 5.23. The molecule has 2 aromatic rings. The van der Waals surface area contributed by atoms with E-state index in [1.54, 1.807) is 18.2 Å². The minimum atomic E-state index is -0.437. The van der Waals surface area contributed by atoms with Crippen molar-refractivity contribution in [1.82, 2.24) is 0 Å². The maximum Gasteiger partial charge on any atom is 0.337 e. The number of methoxy groups -OCH3 is 1. The molecule has 0 aromatic heterocycles. The van der Waals surface area contributed by atoms with Gasteiger partial charge in [0.05, 0.1) is 23.4 Å². The zero-order valence-corrected chi connectivity index (χ0v) is 15.9. The number of nitrogens with one attached hydrogen (secondary N) is 2. The second-order valence-corrected chi connectivity index (χ2v) is 6.56. The molecule has 0 unspecified atom stereocenters. The van der Waals surface area contributed by atoms with E-state index in [0.29, 0.717) is 28.7 Å². The molecule has 0 aliphatic carbocycles. The number of halogens is 1. The number of rotatable bonds is 7. The molecule has 0 fully saturated rings. The van der Waals surface area contributed by atoms with Crippen molar-refractivity contribution in [2.45, 2.75) is 26.2 Å². The van der Waals surface area contributed by atoms with E-state index in [0.717, 1.165) is 11.3 Å². The molecule has 6 heteroatoms. The van der Waals surface area contributed by atoms with E-state index >= 15 is 0 Å². The lowest BCUT2D eigenvalue weighted by atomic mass is 10.0. The van der Waals surface area contributed by atoms with Crippen molar-refractivity contribution in [3.63, 3.8) is 0 Å². The first-order valence-electron chi connectivity index (χ1n) is 8.43. The first kappa shape index (κ1) is 19.8. The van der Waals surface area contributed by atoms with Gasteiger partial charge in [0.1, 0.15) is 0 Å². The number of hydrogen-bond acceptors (Lipinski definition) is 4. The van der Waals surface area contributed by atoms with Crippen molar-refractivity contribution in [3.8, 4) is 0 Å². The number of benzene rings is 2. The van der Waals surface area contributed by atoms with Crippen LogP contribution in [0.15, 0.2) is 42.5 Å². The Morgan fingerprint density at radius 3 is 2.54 bits per heavy atom. The van der Waals surface area contributed by atoms with Crippen molar-refractivity contribution in [2.24, 2.45) is 0 Å². The molecular weight excluding hydrogens is 352 g/mol. The van der Waals surface area contributed by atoms with Crippen LogP contribution < -0.4 is 10.6 Å². The molecule has 0 atom stereocenters. The Bertz CT molecular complexity index is 790. The van der Waals surface area contributed by atoms with Gasteiger partial charge in [-0.3, -0.25) is 4.79 Å². The minimum Gasteiger partial charge on any atom is -0.465 e. The summed E-state index contributed by atoms with van der Waals surface area (Å²) in [4.78, 5) is 23.8. The van der Waals surface area contributed by atoms with Crippen molar-refractivity contribution in [2.75, 3.05) is 24.3 Å². The summed E-state index contributed by atoms with van der Waals surface area (Å²) in [7, 11) is 1.32. The van der Waals surface area contributed by atoms with Crippen LogP contribution in [0.3, 0.4) is 0 Å². The van der Waals surface area contributed by atoms with Gasteiger partial charge in [-0.25, -0.2) is 4.79 Å². The van der Waals surface area contributed by atoms with Gasteiger partial charge >= 0.3 is 5.97 Å². The molecule has 2 aromatic carbocycles. The quantitative estimate of drug-likeness (QED) is 0.690. The zero-order chi connectivity index (χ0) is 19.1. The highest BCUT2D eigenvalue weighted by molar-refractivity contribution is 6.33. The Labute approximate surface area is 158 Å². The second kappa shape index (κ2) is 9.25. The van der Waals surface area contributed by atoms with E-state index in [1.165, 1.54) is 7.11 Å². The third-order valence-electron chi connectivity index (χ3n) is 3.91. The molecule has 26 heavy (non-hydrogen) atoms. The molecule has 0 heterocycles. The standard InChI is InChI=1S/C20H23ClN2O3/c1-13(2)15-6-4-5-7-17(15)23-19(24)10-11-22-18-12-14(20(25)26-3)8-9-16(18)21/h4-9,12-13,22H,10-11H2,1-3H3,(H,23,24). The zero-order valence-electron chi connectivity index (χ0n) is 15.1. The molecule has 0 saturated heterocycles. The van der Waals surface area contributed by atoms with Crippen LogP contribution in [-0.4, -0.2) is 25.5 Å². The van der Waals surface area contributed by atoms with Crippen LogP contribution in [0.4, 0.5) is 11.4 Å². The predicted octanol–water partition coefficient (Wildman–Crippen LogP) is 4.69. The van der Waals surface area contributed by atoms with Gasteiger partial charge in [-0.2, -0.15) is 0 Å². The number of esters is 1. The van der Waals surface area contributed by atoms with Crippen LogP contribution >= 0.6 is 11.6 Å². The monoisotopic (exact) mass is 374 g/mol. The normalized spacial score (nSPS) is 10.5. The van der Waals surface area contributed by atoms with Crippen LogP contribution in [-0.2, 0) is 9.53 Å². The fourth-order valence-corrected chi connectivity index (χ4v) is 2.73. The first-order chi connectivity index (χ1) is 12.4. The number of carbonyl (C=O) groups is 2. The van der Waals surface area contributed by atoms with E-state index in [4.69, 9.17) is 16.3 Å². The summed E-state index contributed by atoms with van der Waals surface area (Å²) in [6.07, 6.45) is 0.269. The highest BCUT2D eigenvalue weighted by atomic mass is 35.5. The maximum atomic E-state index is 12.2. The van der Waals surface area contributed by atoms with Gasteiger partial charge in [-0.05, 0) is 35.7 Å². The van der Waals surface area contributed by atoms with Gasteiger partial charge in [0.15, 0.2) is 0 Å². The van der Waals surface area contributed by atoms with Crippen molar-refractivity contribution >= 4 is 34.9 Å². The van der Waals surface area contributed by atoms with Gasteiger partial charge in [-0.15, -0.1) is 0 Å². The molecule has 2 rings (SSSR count). The number of amides is 1. The van der Waals surface area contributed by atoms with E-state index in [2.05, 4.69) is 24.5 Å². The molecule has 5 nitrogen and oxygen atoms in total. The summed E-state index contributed by atoms with van der Waals surface area (Å²) >= 11 is 6.13. The molecular formula is C20H23ClN2O3. The van der Waals surface area contributed by atoms with Gasteiger partial charge in [0, 0.05) is 18.7 Å². The smallest absolute Gasteiger partial charge is 0.337 e. The van der Waals surface area contributed by atoms with Gasteiger partial charge in [0.25, 0.3) is 0 Å². The summed E-state index contributed by atoms with van der Waals surface area (Å²) in [5.41, 5.74) is 2.92. The largest absolute Gasteiger partial charge is 0.465 e. The molecule has 2 N–H and O–H groups in total. The summed E-state index contributed by atoms with van der Waals surface area (Å²) in [5.74, 6) is -0.205. The van der Waals surface area contributed by atoms with E-state index in [-0.39, 0.29) is 12.3 Å². The minimum absolute atomic E-state index is 0.0918. The molecule has 0 bridgehead atoms. The summed E-state index contributed by atoms with van der Waals surface area (Å²) < 4.78 is 4.70. The van der Waals surface area contributed by atoms with Crippen molar-refractivity contribution in [1.29, 1.82) is 0 Å². The van der Waals surface area contributed by atoms with Crippen LogP contribution in [0.5, 0.6) is 0 Å². The van der Waals surface area contributed by atoms with Crippen LogP contribution in [0.2, 0.25) is 5.02 Å². The van der Waals surface area contributed by atoms with Crippen LogP contribution in [0, 0.1) is 0 Å². The topological polar surface area (TPSA) is 67.4 Å². The number of para-hydroxylation sites is 1. The Morgan fingerprint density at radius 1 is 1.12 bits per heavy atom. The van der Waals surface area contributed by atoms with Crippen molar-refractivity contribution in [3.05, 3.63) is 58.6 Å². The third-order valence-corrected chi connectivity index (χ3v) is 4.24. The SMILES string of the molecule is COC(=O)c1ccc(Cl)c(NCCC(=O)Nc2ccccc2C(C)C)c1. The average Bonchev–Trinajstić information content (AvgIpc) is 2.62. The Kier molecular flexibility index (Phi) is 7.04. The summed E-state index contributed by atoms with van der Waals surface area (Å²) in [6.45, 7) is 4.56. The number of anilines is 2. The summed E-state index contributed by atoms with van der Waals surface area (Å²) in [5, 5.41) is 6.51. The van der Waals surface area contributed by atoms with E-state index in [1.807, 2.05) is 24.3 Å². The molecule has 138 valence electrons. The molecule has 0 saturated carbocycles. The molecule has 0 spiro atoms. The predicted molar refractivity (Wildman–Crippen MR) is 105 cm³/mol. The van der Waals surface area contributed by atoms with Crippen LogP contribution in [0.1, 0.15) is 42.1 Å². The average molecular weight is 375 g/mol. The fourth-order valence-electron chi connectivity index (χ4n) is 2.54. The summed E-state index contributed by atoms with van der Waals surface area (Å²) in [6, 6.07) is 12.6. The van der Waals surface area contributed by atoms with Crippen molar-refractivity contribution < 1.29 is 14.3 Å². The number of carbonyl (C=O) groups excluding carboxylic acids is 2. The Hall–Kier alpha value is -2.53. The number of ether oxygens (including phenoxy) is 1. The Balaban J connectivity index is 1.94. The second-order valence-electron chi connectivity index (χ2n) is 6.15. The molecule has 0 aliphatic heterocycles. The molecule has 0 aliphatic rings. The lowest BCUT2D eigenvalue weighted by molar-refractivity contribution is -0.115. The van der Waals surface area contributed by atoms with Gasteiger partial charge in [-0.1, -0.05) is 43.6 Å². The highest BCUT2D eigenvalue weighted by Crippen LogP contribution is 2.25. The molecule has 1 amide bonds. The lowest BCUT2D eigenvalue weighted by Gasteiger charge is -2.14. The van der Waals surface area contributed by atoms with E-state index in [9.17, 15) is 9.59 Å². The Morgan fingerprint density at radius 2 is 1.85 bits per heavy atom. The van der Waals surface area contributed by atoms with Crippen LogP contribution in [0.25, 0.3) is 0 Å². The first-order valence-corrected chi connectivity index (χ1v) is 8.80. The van der Waals surface area contributed by atoms with E-state index < -0.39 is 5.97 Å². The van der Waals surface area contributed by atoms with Gasteiger partial charge < -0.3 is 15.4 Å². The molecule has 0 radical (unpaired) electrons. The highest BCUT2D eigenvalue weighted by Gasteiger charge is 2.11. The lowest BCUT2D eigenvalue weighted by Crippen LogP contribution is -2.17. The maximum absolute atomic E-state index is 12.2.